The molecule has 24 heavy (non-hydrogen) atoms. The van der Waals surface area contributed by atoms with Crippen LogP contribution in [-0.4, -0.2) is 22.1 Å². The number of methoxy groups -OCH3 is 1. The Morgan fingerprint density at radius 2 is 1.83 bits per heavy atom. The van der Waals surface area contributed by atoms with Crippen molar-refractivity contribution in [2.45, 2.75) is 13.0 Å². The van der Waals surface area contributed by atoms with Gasteiger partial charge in [-0.3, -0.25) is 0 Å². The smallest absolute Gasteiger partial charge is 0.233 e. The van der Waals surface area contributed by atoms with Gasteiger partial charge in [0.05, 0.1) is 6.10 Å². The Morgan fingerprint density at radius 3 is 2.46 bits per heavy atom. The van der Waals surface area contributed by atoms with E-state index in [9.17, 15) is 8.42 Å². The highest BCUT2D eigenvalue weighted by molar-refractivity contribution is 7.92. The zero-order chi connectivity index (χ0) is 17.6. The maximum absolute atomic E-state index is 12.1. The molecule has 0 saturated carbocycles. The number of nitrogens with one attached hydrogen (secondary N) is 1. The SMILES string of the molecule is COC(CNS(=O)(=O)C=Cc1ccc(C)cc1)c1ccccc1Cl. The number of halogens is 1. The highest BCUT2D eigenvalue weighted by Crippen LogP contribution is 2.24. The fourth-order valence-electron chi connectivity index (χ4n) is 2.14. The van der Waals surface area contributed by atoms with Crippen molar-refractivity contribution in [1.29, 1.82) is 0 Å². The Labute approximate surface area is 148 Å². The standard InChI is InChI=1S/C18H20ClNO3S/c1-14-7-9-15(10-8-14)11-12-24(21,22)20-13-18(23-2)16-5-3-4-6-17(16)19/h3-12,18,20H,13H2,1-2H3. The lowest BCUT2D eigenvalue weighted by Crippen LogP contribution is -2.27. The number of hydrogen-bond donors (Lipinski definition) is 1. The maximum Gasteiger partial charge on any atom is 0.233 e. The molecule has 2 rings (SSSR count). The average Bonchev–Trinajstić information content (AvgIpc) is 2.56. The normalized spacial score (nSPS) is 13.3. The van der Waals surface area contributed by atoms with Crippen molar-refractivity contribution in [1.82, 2.24) is 4.72 Å². The van der Waals surface area contributed by atoms with Crippen molar-refractivity contribution in [3.8, 4) is 0 Å². The molecular weight excluding hydrogens is 346 g/mol. The molecule has 1 N–H and O–H groups in total. The Bertz CT molecular complexity index is 801. The summed E-state index contributed by atoms with van der Waals surface area (Å²) in [7, 11) is -2.05. The van der Waals surface area contributed by atoms with Crippen LogP contribution in [0.2, 0.25) is 5.02 Å². The molecule has 128 valence electrons. The van der Waals surface area contributed by atoms with Gasteiger partial charge >= 0.3 is 0 Å². The molecule has 0 aliphatic rings. The largest absolute Gasteiger partial charge is 0.375 e. The van der Waals surface area contributed by atoms with Gasteiger partial charge < -0.3 is 4.74 Å². The molecule has 6 heteroatoms. The first-order chi connectivity index (χ1) is 11.4. The van der Waals surface area contributed by atoms with E-state index in [2.05, 4.69) is 4.72 Å². The van der Waals surface area contributed by atoms with Crippen LogP contribution in [0.3, 0.4) is 0 Å². The van der Waals surface area contributed by atoms with E-state index in [1.165, 1.54) is 7.11 Å². The minimum absolute atomic E-state index is 0.0980. The number of benzene rings is 2. The van der Waals surface area contributed by atoms with Gasteiger partial charge in [0.1, 0.15) is 0 Å². The minimum atomic E-state index is -3.57. The van der Waals surface area contributed by atoms with Crippen LogP contribution in [0.1, 0.15) is 22.8 Å². The van der Waals surface area contributed by atoms with E-state index in [1.54, 1.807) is 12.1 Å². The summed E-state index contributed by atoms with van der Waals surface area (Å²) in [6, 6.07) is 14.8. The lowest BCUT2D eigenvalue weighted by atomic mass is 10.1. The minimum Gasteiger partial charge on any atom is -0.375 e. The predicted octanol–water partition coefficient (Wildman–Crippen LogP) is 3.93. The average molecular weight is 366 g/mol. The molecule has 2 aromatic carbocycles. The lowest BCUT2D eigenvalue weighted by Gasteiger charge is -2.17. The zero-order valence-corrected chi connectivity index (χ0v) is 15.1. The molecule has 0 bridgehead atoms. The molecule has 0 aromatic heterocycles. The second kappa shape index (κ2) is 8.44. The van der Waals surface area contributed by atoms with Crippen molar-refractivity contribution in [3.05, 3.63) is 75.7 Å². The number of hydrogen-bond acceptors (Lipinski definition) is 3. The molecule has 0 aliphatic carbocycles. The van der Waals surface area contributed by atoms with Crippen molar-refractivity contribution >= 4 is 27.7 Å². The summed E-state index contributed by atoms with van der Waals surface area (Å²) in [6.07, 6.45) is 1.10. The summed E-state index contributed by atoms with van der Waals surface area (Å²) in [5.74, 6) is 0. The first-order valence-corrected chi connectivity index (χ1v) is 9.35. The molecule has 0 aliphatic heterocycles. The van der Waals surface area contributed by atoms with E-state index in [0.29, 0.717) is 5.02 Å². The topological polar surface area (TPSA) is 55.4 Å². The van der Waals surface area contributed by atoms with E-state index < -0.39 is 16.1 Å². The molecule has 4 nitrogen and oxygen atoms in total. The van der Waals surface area contributed by atoms with Crippen LogP contribution >= 0.6 is 11.6 Å². The Balaban J connectivity index is 2.03. The Morgan fingerprint density at radius 1 is 1.17 bits per heavy atom. The summed E-state index contributed by atoms with van der Waals surface area (Å²) < 4.78 is 32.1. The van der Waals surface area contributed by atoms with Gasteiger partial charge in [-0.05, 0) is 24.6 Å². The number of sulfonamides is 1. The molecule has 1 unspecified atom stereocenters. The van der Waals surface area contributed by atoms with Crippen LogP contribution in [-0.2, 0) is 14.8 Å². The van der Waals surface area contributed by atoms with E-state index in [1.807, 2.05) is 49.4 Å². The van der Waals surface area contributed by atoms with Crippen LogP contribution in [0.25, 0.3) is 6.08 Å². The Kier molecular flexibility index (Phi) is 6.57. The maximum atomic E-state index is 12.1. The molecule has 0 fully saturated rings. The second-order valence-electron chi connectivity index (χ2n) is 5.35. The molecule has 0 radical (unpaired) electrons. The van der Waals surface area contributed by atoms with Crippen LogP contribution in [0.15, 0.2) is 53.9 Å². The molecule has 0 amide bonds. The van der Waals surface area contributed by atoms with Gasteiger partial charge in [-0.1, -0.05) is 59.6 Å². The first kappa shape index (κ1) is 18.7. The van der Waals surface area contributed by atoms with E-state index in [-0.39, 0.29) is 6.54 Å². The molecule has 0 heterocycles. The monoisotopic (exact) mass is 365 g/mol. The van der Waals surface area contributed by atoms with Crippen molar-refractivity contribution in [3.63, 3.8) is 0 Å². The third kappa shape index (κ3) is 5.46. The summed E-state index contributed by atoms with van der Waals surface area (Å²) in [4.78, 5) is 0. The van der Waals surface area contributed by atoms with Gasteiger partial charge in [0, 0.05) is 29.6 Å². The molecule has 0 saturated heterocycles. The molecule has 2 aromatic rings. The van der Waals surface area contributed by atoms with Gasteiger partial charge in [0.2, 0.25) is 10.0 Å². The van der Waals surface area contributed by atoms with E-state index in [0.717, 1.165) is 22.1 Å². The third-order valence-corrected chi connectivity index (χ3v) is 4.93. The van der Waals surface area contributed by atoms with E-state index in [4.69, 9.17) is 16.3 Å². The molecule has 0 spiro atoms. The summed E-state index contributed by atoms with van der Waals surface area (Å²) >= 11 is 6.13. The van der Waals surface area contributed by atoms with Gasteiger partial charge in [0.25, 0.3) is 0 Å². The number of rotatable bonds is 7. The Hall–Kier alpha value is -1.66. The fourth-order valence-corrected chi connectivity index (χ4v) is 3.22. The van der Waals surface area contributed by atoms with Gasteiger partial charge in [-0.15, -0.1) is 0 Å². The zero-order valence-electron chi connectivity index (χ0n) is 13.6. The summed E-state index contributed by atoms with van der Waals surface area (Å²) in [6.45, 7) is 2.08. The van der Waals surface area contributed by atoms with Crippen molar-refractivity contribution in [2.24, 2.45) is 0 Å². The van der Waals surface area contributed by atoms with Crippen LogP contribution in [0.5, 0.6) is 0 Å². The van der Waals surface area contributed by atoms with Crippen molar-refractivity contribution < 1.29 is 13.2 Å². The fraction of sp³-hybridized carbons (Fsp3) is 0.222. The quantitative estimate of drug-likeness (QED) is 0.808. The number of aryl methyl sites for hydroxylation is 1. The molecule has 1 atom stereocenters. The van der Waals surface area contributed by atoms with Crippen LogP contribution in [0.4, 0.5) is 0 Å². The molecular formula is C18H20ClNO3S. The summed E-state index contributed by atoms with van der Waals surface area (Å²) in [5.41, 5.74) is 2.68. The highest BCUT2D eigenvalue weighted by atomic mass is 35.5. The first-order valence-electron chi connectivity index (χ1n) is 7.43. The summed E-state index contributed by atoms with van der Waals surface area (Å²) in [5, 5.41) is 1.69. The highest BCUT2D eigenvalue weighted by Gasteiger charge is 2.16. The van der Waals surface area contributed by atoms with Gasteiger partial charge in [-0.25, -0.2) is 13.1 Å². The van der Waals surface area contributed by atoms with E-state index >= 15 is 0 Å². The van der Waals surface area contributed by atoms with Gasteiger partial charge in [-0.2, -0.15) is 0 Å². The van der Waals surface area contributed by atoms with Crippen LogP contribution < -0.4 is 4.72 Å². The predicted molar refractivity (Wildman–Crippen MR) is 98.3 cm³/mol. The lowest BCUT2D eigenvalue weighted by molar-refractivity contribution is 0.107. The number of ether oxygens (including phenoxy) is 1. The van der Waals surface area contributed by atoms with Crippen molar-refractivity contribution in [2.75, 3.05) is 13.7 Å². The van der Waals surface area contributed by atoms with Crippen LogP contribution in [0, 0.1) is 6.92 Å². The second-order valence-corrected chi connectivity index (χ2v) is 7.41. The van der Waals surface area contributed by atoms with Gasteiger partial charge in [0.15, 0.2) is 0 Å². The third-order valence-electron chi connectivity index (χ3n) is 3.52.